The average Bonchev–Trinajstić information content (AvgIpc) is 2.82. The first kappa shape index (κ1) is 22.9. The van der Waals surface area contributed by atoms with E-state index in [0.29, 0.717) is 5.56 Å². The second-order valence-corrected chi connectivity index (χ2v) is 8.45. The zero-order valence-corrected chi connectivity index (χ0v) is 19.1. The van der Waals surface area contributed by atoms with Crippen LogP contribution in [-0.4, -0.2) is 35.4 Å². The molecule has 0 unspecified atom stereocenters. The molecule has 2 heterocycles. The Morgan fingerprint density at radius 3 is 2.73 bits per heavy atom. The topological polar surface area (TPSA) is 45.2 Å². The third-order valence-electron chi connectivity index (χ3n) is 5.60. The molecule has 0 aliphatic carbocycles. The van der Waals surface area contributed by atoms with Gasteiger partial charge in [-0.25, -0.2) is 9.37 Å². The Bertz CT molecular complexity index is 1200. The van der Waals surface area contributed by atoms with Crippen LogP contribution in [0.3, 0.4) is 0 Å². The third-order valence-corrected chi connectivity index (χ3v) is 5.80. The Balaban J connectivity index is 1.43. The van der Waals surface area contributed by atoms with Gasteiger partial charge in [0, 0.05) is 42.6 Å². The van der Waals surface area contributed by atoms with Crippen LogP contribution >= 0.6 is 11.6 Å². The van der Waals surface area contributed by atoms with Crippen molar-refractivity contribution in [3.8, 4) is 0 Å². The van der Waals surface area contributed by atoms with Gasteiger partial charge in [-0.1, -0.05) is 53.6 Å². The van der Waals surface area contributed by atoms with Crippen molar-refractivity contribution in [3.63, 3.8) is 0 Å². The number of halogens is 2. The number of rotatable bonds is 6. The molecule has 0 saturated heterocycles. The van der Waals surface area contributed by atoms with Gasteiger partial charge in [0.25, 0.3) is 5.91 Å². The minimum atomic E-state index is -0.225. The van der Waals surface area contributed by atoms with E-state index >= 15 is 0 Å². The molecule has 4 rings (SSSR count). The zero-order chi connectivity index (χ0) is 23.2. The van der Waals surface area contributed by atoms with Gasteiger partial charge in [-0.3, -0.25) is 9.69 Å². The van der Waals surface area contributed by atoms with Crippen molar-refractivity contribution in [1.82, 2.24) is 9.88 Å². The summed E-state index contributed by atoms with van der Waals surface area (Å²) in [6, 6.07) is 15.7. The van der Waals surface area contributed by atoms with Crippen LogP contribution < -0.4 is 5.32 Å². The summed E-state index contributed by atoms with van der Waals surface area (Å²) in [5, 5.41) is 3.32. The van der Waals surface area contributed by atoms with E-state index in [2.05, 4.69) is 33.4 Å². The molecule has 1 amide bonds. The largest absolute Gasteiger partial charge is 0.321 e. The number of carbonyl (C=O) groups excluding carboxylic acids is 1. The van der Waals surface area contributed by atoms with Crippen LogP contribution in [0.1, 0.15) is 33.5 Å². The number of carbonyl (C=O) groups is 1. The van der Waals surface area contributed by atoms with E-state index in [4.69, 9.17) is 11.6 Å². The van der Waals surface area contributed by atoms with Crippen LogP contribution in [0.25, 0.3) is 11.6 Å². The normalized spacial score (nSPS) is 14.3. The minimum Gasteiger partial charge on any atom is -0.321 e. The quantitative estimate of drug-likeness (QED) is 0.442. The van der Waals surface area contributed by atoms with Crippen LogP contribution in [0.2, 0.25) is 5.15 Å². The second kappa shape index (κ2) is 10.6. The van der Waals surface area contributed by atoms with Crippen LogP contribution in [0.5, 0.6) is 0 Å². The predicted octanol–water partition coefficient (Wildman–Crippen LogP) is 6.24. The zero-order valence-electron chi connectivity index (χ0n) is 18.4. The SMILES string of the molecule is Cc1ccc(NC(=O)c2ccnc(Cl)c2)c(C2=CCN(C/C=C/c3ccc(F)cc3)CC2)c1. The van der Waals surface area contributed by atoms with E-state index in [0.717, 1.165) is 48.4 Å². The van der Waals surface area contributed by atoms with Crippen LogP contribution in [0.15, 0.2) is 72.9 Å². The lowest BCUT2D eigenvalue weighted by Crippen LogP contribution is -2.28. The number of benzene rings is 2. The minimum absolute atomic E-state index is 0.214. The molecule has 33 heavy (non-hydrogen) atoms. The Hall–Kier alpha value is -3.28. The summed E-state index contributed by atoms with van der Waals surface area (Å²) in [5.41, 5.74) is 5.65. The smallest absolute Gasteiger partial charge is 0.255 e. The van der Waals surface area contributed by atoms with E-state index in [-0.39, 0.29) is 16.9 Å². The van der Waals surface area contributed by atoms with Gasteiger partial charge in [0.2, 0.25) is 0 Å². The second-order valence-electron chi connectivity index (χ2n) is 8.06. The molecule has 0 bridgehead atoms. The molecule has 0 spiro atoms. The summed E-state index contributed by atoms with van der Waals surface area (Å²) < 4.78 is 13.0. The number of hydrogen-bond acceptors (Lipinski definition) is 3. The maximum Gasteiger partial charge on any atom is 0.255 e. The molecule has 1 aromatic heterocycles. The number of aryl methyl sites for hydroxylation is 1. The van der Waals surface area contributed by atoms with E-state index in [1.165, 1.54) is 23.9 Å². The molecule has 2 aromatic carbocycles. The lowest BCUT2D eigenvalue weighted by Gasteiger charge is -2.26. The van der Waals surface area contributed by atoms with Gasteiger partial charge in [-0.05, 0) is 60.9 Å². The van der Waals surface area contributed by atoms with Gasteiger partial charge in [-0.15, -0.1) is 0 Å². The monoisotopic (exact) mass is 461 g/mol. The fourth-order valence-corrected chi connectivity index (χ4v) is 3.98. The molecule has 1 aliphatic rings. The molecule has 0 fully saturated rings. The molecule has 0 saturated carbocycles. The molecule has 6 heteroatoms. The first-order valence-electron chi connectivity index (χ1n) is 10.9. The lowest BCUT2D eigenvalue weighted by atomic mass is 9.96. The first-order chi connectivity index (χ1) is 16.0. The molecule has 1 N–H and O–H groups in total. The Labute approximate surface area is 198 Å². The fourth-order valence-electron chi connectivity index (χ4n) is 3.80. The Kier molecular flexibility index (Phi) is 7.33. The van der Waals surface area contributed by atoms with E-state index in [1.54, 1.807) is 24.3 Å². The first-order valence-corrected chi connectivity index (χ1v) is 11.2. The molecular formula is C27H25ClFN3O. The molecule has 3 aromatic rings. The number of amides is 1. The fraction of sp³-hybridized carbons (Fsp3) is 0.185. The van der Waals surface area contributed by atoms with E-state index in [9.17, 15) is 9.18 Å². The van der Waals surface area contributed by atoms with Crippen molar-refractivity contribution in [3.05, 3.63) is 106 Å². The average molecular weight is 462 g/mol. The van der Waals surface area contributed by atoms with Gasteiger partial charge in [0.1, 0.15) is 11.0 Å². The molecule has 4 nitrogen and oxygen atoms in total. The summed E-state index contributed by atoms with van der Waals surface area (Å²) in [4.78, 5) is 19.0. The summed E-state index contributed by atoms with van der Waals surface area (Å²) in [6.07, 6.45) is 8.75. The molecule has 0 atom stereocenters. The molecular weight excluding hydrogens is 437 g/mol. The Morgan fingerprint density at radius 1 is 1.18 bits per heavy atom. The number of nitrogens with zero attached hydrogens (tertiary/aromatic N) is 2. The van der Waals surface area contributed by atoms with Crippen molar-refractivity contribution in [1.29, 1.82) is 0 Å². The summed E-state index contributed by atoms with van der Waals surface area (Å²) in [6.45, 7) is 4.61. The highest BCUT2D eigenvalue weighted by Gasteiger charge is 2.17. The summed E-state index contributed by atoms with van der Waals surface area (Å²) in [7, 11) is 0. The van der Waals surface area contributed by atoms with Gasteiger partial charge < -0.3 is 5.32 Å². The van der Waals surface area contributed by atoms with Gasteiger partial charge in [0.05, 0.1) is 0 Å². The number of anilines is 1. The van der Waals surface area contributed by atoms with Crippen molar-refractivity contribution in [2.45, 2.75) is 13.3 Å². The molecule has 168 valence electrons. The van der Waals surface area contributed by atoms with Crippen LogP contribution in [-0.2, 0) is 0 Å². The van der Waals surface area contributed by atoms with Crippen LogP contribution in [0, 0.1) is 12.7 Å². The standard InChI is InChI=1S/C27H25ClFN3O/c1-19-4-9-25(31-27(33)22-10-13-30-26(28)18-22)24(17-19)21-11-15-32(16-12-21)14-2-3-20-5-7-23(29)8-6-20/h2-11,13,17-18H,12,14-16H2,1H3,(H,31,33)/b3-2+. The van der Waals surface area contributed by atoms with Gasteiger partial charge in [-0.2, -0.15) is 0 Å². The number of hydrogen-bond donors (Lipinski definition) is 1. The number of nitrogens with one attached hydrogen (secondary N) is 1. The van der Waals surface area contributed by atoms with Crippen molar-refractivity contribution in [2.75, 3.05) is 25.0 Å². The summed E-state index contributed by atoms with van der Waals surface area (Å²) in [5.74, 6) is -0.439. The molecule has 1 aliphatic heterocycles. The highest BCUT2D eigenvalue weighted by atomic mass is 35.5. The van der Waals surface area contributed by atoms with Crippen molar-refractivity contribution < 1.29 is 9.18 Å². The van der Waals surface area contributed by atoms with E-state index < -0.39 is 0 Å². The third kappa shape index (κ3) is 6.15. The summed E-state index contributed by atoms with van der Waals surface area (Å²) >= 11 is 5.93. The van der Waals surface area contributed by atoms with Crippen molar-refractivity contribution >= 4 is 34.8 Å². The van der Waals surface area contributed by atoms with E-state index in [1.807, 2.05) is 25.1 Å². The lowest BCUT2D eigenvalue weighted by molar-refractivity contribution is 0.102. The maximum atomic E-state index is 13.0. The molecule has 0 radical (unpaired) electrons. The maximum absolute atomic E-state index is 13.0. The highest BCUT2D eigenvalue weighted by molar-refractivity contribution is 6.29. The number of aromatic nitrogens is 1. The number of pyridine rings is 1. The predicted molar refractivity (Wildman–Crippen MR) is 133 cm³/mol. The van der Waals surface area contributed by atoms with Crippen LogP contribution in [0.4, 0.5) is 10.1 Å². The van der Waals surface area contributed by atoms with Gasteiger partial charge in [0.15, 0.2) is 0 Å². The highest BCUT2D eigenvalue weighted by Crippen LogP contribution is 2.30. The van der Waals surface area contributed by atoms with Crippen molar-refractivity contribution in [2.24, 2.45) is 0 Å². The Morgan fingerprint density at radius 2 is 2.00 bits per heavy atom. The van der Waals surface area contributed by atoms with Gasteiger partial charge >= 0.3 is 0 Å².